The van der Waals surface area contributed by atoms with Gasteiger partial charge >= 0.3 is 0 Å². The number of rotatable bonds is 6. The molecule has 6 nitrogen and oxygen atoms in total. The van der Waals surface area contributed by atoms with Crippen LogP contribution in [0.5, 0.6) is 11.5 Å². The van der Waals surface area contributed by atoms with Crippen LogP contribution in [0.3, 0.4) is 0 Å². The number of benzene rings is 3. The molecule has 0 saturated heterocycles. The quantitative estimate of drug-likeness (QED) is 0.508. The van der Waals surface area contributed by atoms with Crippen LogP contribution in [-0.4, -0.2) is 29.1 Å². The molecule has 0 aliphatic heterocycles. The first kappa shape index (κ1) is 19.4. The van der Waals surface area contributed by atoms with Crippen LogP contribution in [0.25, 0.3) is 22.3 Å². The molecule has 4 aromatic rings. The van der Waals surface area contributed by atoms with Crippen LogP contribution >= 0.6 is 0 Å². The van der Waals surface area contributed by atoms with Gasteiger partial charge in [-0.15, -0.1) is 0 Å². The van der Waals surface area contributed by atoms with Crippen molar-refractivity contribution in [2.45, 2.75) is 13.0 Å². The maximum atomic E-state index is 12.4. The molecule has 30 heavy (non-hydrogen) atoms. The molecular weight excluding hydrogens is 378 g/mol. The van der Waals surface area contributed by atoms with Gasteiger partial charge in [0.25, 0.3) is 5.91 Å². The van der Waals surface area contributed by atoms with Crippen molar-refractivity contribution < 1.29 is 14.3 Å². The van der Waals surface area contributed by atoms with Gasteiger partial charge in [-0.3, -0.25) is 9.78 Å². The number of anilines is 1. The van der Waals surface area contributed by atoms with Gasteiger partial charge in [0.2, 0.25) is 0 Å². The van der Waals surface area contributed by atoms with Crippen molar-refractivity contribution in [1.82, 2.24) is 9.97 Å². The lowest BCUT2D eigenvalue weighted by molar-refractivity contribution is -0.122. The van der Waals surface area contributed by atoms with E-state index >= 15 is 0 Å². The lowest BCUT2D eigenvalue weighted by atomic mass is 10.1. The summed E-state index contributed by atoms with van der Waals surface area (Å²) in [5.41, 5.74) is 4.10. The maximum Gasteiger partial charge on any atom is 0.265 e. The number of carbonyl (C=O) groups excluding carboxylic acids is 1. The minimum atomic E-state index is -0.654. The largest absolute Gasteiger partial charge is 0.497 e. The van der Waals surface area contributed by atoms with Crippen LogP contribution in [-0.2, 0) is 4.79 Å². The number of amides is 1. The fraction of sp³-hybridized carbons (Fsp3) is 0.125. The summed E-state index contributed by atoms with van der Waals surface area (Å²) in [6.45, 7) is 1.71. The number of fused-ring (bicyclic) bond motifs is 1. The Labute approximate surface area is 174 Å². The summed E-state index contributed by atoms with van der Waals surface area (Å²) in [5.74, 6) is 1.10. The Bertz CT molecular complexity index is 1160. The molecule has 4 rings (SSSR count). The highest BCUT2D eigenvalue weighted by molar-refractivity contribution is 5.94. The molecule has 0 fully saturated rings. The topological polar surface area (TPSA) is 73.3 Å². The first-order chi connectivity index (χ1) is 14.6. The van der Waals surface area contributed by atoms with Gasteiger partial charge in [-0.25, -0.2) is 4.98 Å². The number of methoxy groups -OCH3 is 1. The van der Waals surface area contributed by atoms with Crippen molar-refractivity contribution in [3.8, 4) is 22.8 Å². The third-order valence-electron chi connectivity index (χ3n) is 4.64. The molecule has 150 valence electrons. The number of hydrogen-bond donors (Lipinski definition) is 1. The second-order valence-electron chi connectivity index (χ2n) is 6.75. The number of hydrogen-bond acceptors (Lipinski definition) is 5. The highest BCUT2D eigenvalue weighted by Crippen LogP contribution is 2.23. The Morgan fingerprint density at radius 2 is 1.57 bits per heavy atom. The zero-order chi connectivity index (χ0) is 20.9. The molecule has 0 saturated carbocycles. The summed E-state index contributed by atoms with van der Waals surface area (Å²) >= 11 is 0. The summed E-state index contributed by atoms with van der Waals surface area (Å²) in [6.07, 6.45) is 1.10. The van der Waals surface area contributed by atoms with E-state index in [0.29, 0.717) is 11.4 Å². The van der Waals surface area contributed by atoms with Crippen molar-refractivity contribution in [3.05, 3.63) is 79.0 Å². The standard InChI is InChI=1S/C24H21N3O3/c1-16(24(28)26-18-9-13-19(29-2)14-10-18)30-20-11-7-17(8-12-20)23-15-25-21-5-3-4-6-22(21)27-23/h3-16H,1-2H3,(H,26,28). The van der Waals surface area contributed by atoms with Crippen molar-refractivity contribution in [2.24, 2.45) is 0 Å². The van der Waals surface area contributed by atoms with Crippen molar-refractivity contribution >= 4 is 22.6 Å². The predicted molar refractivity (Wildman–Crippen MR) is 117 cm³/mol. The fourth-order valence-corrected chi connectivity index (χ4v) is 2.98. The normalized spacial score (nSPS) is 11.7. The average molecular weight is 399 g/mol. The molecule has 1 unspecified atom stereocenters. The van der Waals surface area contributed by atoms with Crippen LogP contribution in [0.4, 0.5) is 5.69 Å². The molecular formula is C24H21N3O3. The van der Waals surface area contributed by atoms with E-state index in [0.717, 1.165) is 28.0 Å². The number of ether oxygens (including phenoxy) is 2. The highest BCUT2D eigenvalue weighted by Gasteiger charge is 2.15. The SMILES string of the molecule is COc1ccc(NC(=O)C(C)Oc2ccc(-c3cnc4ccccc4n3)cc2)cc1. The van der Waals surface area contributed by atoms with Crippen molar-refractivity contribution in [2.75, 3.05) is 12.4 Å². The third kappa shape index (κ3) is 4.38. The summed E-state index contributed by atoms with van der Waals surface area (Å²) < 4.78 is 10.9. The second kappa shape index (κ2) is 8.61. The van der Waals surface area contributed by atoms with Gasteiger partial charge in [-0.2, -0.15) is 0 Å². The van der Waals surface area contributed by atoms with Gasteiger partial charge in [0.05, 0.1) is 30.0 Å². The molecule has 0 spiro atoms. The van der Waals surface area contributed by atoms with Crippen LogP contribution in [0, 0.1) is 0 Å². The first-order valence-electron chi connectivity index (χ1n) is 9.56. The summed E-state index contributed by atoms with van der Waals surface area (Å²) in [4.78, 5) is 21.5. The van der Waals surface area contributed by atoms with E-state index in [9.17, 15) is 4.79 Å². The Balaban J connectivity index is 1.41. The Morgan fingerprint density at radius 1 is 0.900 bits per heavy atom. The molecule has 3 aromatic carbocycles. The van der Waals surface area contributed by atoms with Crippen LogP contribution in [0.15, 0.2) is 79.0 Å². The molecule has 1 heterocycles. The van der Waals surface area contributed by atoms with E-state index in [-0.39, 0.29) is 5.91 Å². The summed E-state index contributed by atoms with van der Waals surface area (Å²) in [5, 5.41) is 2.83. The van der Waals surface area contributed by atoms with E-state index in [1.165, 1.54) is 0 Å². The van der Waals surface area contributed by atoms with Gasteiger partial charge in [0, 0.05) is 11.3 Å². The van der Waals surface area contributed by atoms with Gasteiger partial charge < -0.3 is 14.8 Å². The average Bonchev–Trinajstić information content (AvgIpc) is 2.79. The lowest BCUT2D eigenvalue weighted by Gasteiger charge is -2.15. The van der Waals surface area contributed by atoms with E-state index in [1.54, 1.807) is 44.5 Å². The molecule has 6 heteroatoms. The van der Waals surface area contributed by atoms with E-state index in [4.69, 9.17) is 9.47 Å². The zero-order valence-corrected chi connectivity index (χ0v) is 16.7. The van der Waals surface area contributed by atoms with Crippen molar-refractivity contribution in [3.63, 3.8) is 0 Å². The number of para-hydroxylation sites is 2. The second-order valence-corrected chi connectivity index (χ2v) is 6.75. The van der Waals surface area contributed by atoms with E-state index < -0.39 is 6.10 Å². The minimum absolute atomic E-state index is 0.232. The molecule has 0 bridgehead atoms. The molecule has 0 radical (unpaired) electrons. The van der Waals surface area contributed by atoms with Gasteiger partial charge in [0.15, 0.2) is 6.10 Å². The summed E-state index contributed by atoms with van der Waals surface area (Å²) in [7, 11) is 1.60. The maximum absolute atomic E-state index is 12.4. The van der Waals surface area contributed by atoms with Crippen molar-refractivity contribution in [1.29, 1.82) is 0 Å². The number of carbonyl (C=O) groups is 1. The minimum Gasteiger partial charge on any atom is -0.497 e. The fourth-order valence-electron chi connectivity index (χ4n) is 2.98. The molecule has 0 aliphatic carbocycles. The van der Waals surface area contributed by atoms with Crippen LogP contribution in [0.1, 0.15) is 6.92 Å². The van der Waals surface area contributed by atoms with Crippen LogP contribution in [0.2, 0.25) is 0 Å². The third-order valence-corrected chi connectivity index (χ3v) is 4.64. The van der Waals surface area contributed by atoms with E-state index in [2.05, 4.69) is 15.3 Å². The zero-order valence-electron chi connectivity index (χ0n) is 16.7. The highest BCUT2D eigenvalue weighted by atomic mass is 16.5. The number of nitrogens with one attached hydrogen (secondary N) is 1. The summed E-state index contributed by atoms with van der Waals surface area (Å²) in [6, 6.07) is 22.3. The lowest BCUT2D eigenvalue weighted by Crippen LogP contribution is -2.30. The molecule has 1 aromatic heterocycles. The van der Waals surface area contributed by atoms with Gasteiger partial charge in [-0.05, 0) is 67.6 Å². The Kier molecular flexibility index (Phi) is 5.57. The first-order valence-corrected chi connectivity index (χ1v) is 9.56. The Morgan fingerprint density at radius 3 is 2.27 bits per heavy atom. The Hall–Kier alpha value is -3.93. The van der Waals surface area contributed by atoms with Gasteiger partial charge in [0.1, 0.15) is 11.5 Å². The molecule has 0 aliphatic rings. The number of aromatic nitrogens is 2. The molecule has 1 amide bonds. The molecule has 1 N–H and O–H groups in total. The predicted octanol–water partition coefficient (Wildman–Crippen LogP) is 4.71. The smallest absolute Gasteiger partial charge is 0.265 e. The monoisotopic (exact) mass is 399 g/mol. The number of nitrogens with zero attached hydrogens (tertiary/aromatic N) is 2. The van der Waals surface area contributed by atoms with E-state index in [1.807, 2.05) is 48.5 Å². The molecule has 1 atom stereocenters. The van der Waals surface area contributed by atoms with Gasteiger partial charge in [-0.1, -0.05) is 12.1 Å². The van der Waals surface area contributed by atoms with Crippen LogP contribution < -0.4 is 14.8 Å².